The van der Waals surface area contributed by atoms with Gasteiger partial charge in [-0.05, 0) is 28.1 Å². The fourth-order valence-electron chi connectivity index (χ4n) is 1.00. The van der Waals surface area contributed by atoms with E-state index in [-0.39, 0.29) is 14.9 Å². The Hall–Kier alpha value is -0.770. The number of nitriles is 1. The second-order valence-electron chi connectivity index (χ2n) is 2.50. The van der Waals surface area contributed by atoms with E-state index in [9.17, 15) is 8.42 Å². The van der Waals surface area contributed by atoms with Gasteiger partial charge in [0.25, 0.3) is 9.05 Å². The van der Waals surface area contributed by atoms with Crippen LogP contribution in [-0.2, 0) is 9.05 Å². The molecule has 0 bridgehead atoms. The summed E-state index contributed by atoms with van der Waals surface area (Å²) in [6, 6.07) is 4.40. The van der Waals surface area contributed by atoms with Crippen molar-refractivity contribution in [2.75, 3.05) is 7.11 Å². The van der Waals surface area contributed by atoms with Crippen LogP contribution in [0.5, 0.6) is 5.75 Å². The van der Waals surface area contributed by atoms with Crippen molar-refractivity contribution in [2.45, 2.75) is 4.90 Å². The Balaban J connectivity index is 3.61. The minimum atomic E-state index is -3.93. The van der Waals surface area contributed by atoms with Crippen LogP contribution < -0.4 is 4.74 Å². The number of benzene rings is 1. The number of ether oxygens (including phenoxy) is 1. The smallest absolute Gasteiger partial charge is 0.262 e. The molecule has 0 radical (unpaired) electrons. The SMILES string of the molecule is COc1ccc(S(=O)(=O)Cl)c(C#N)c1Br. The number of rotatable bonds is 2. The summed E-state index contributed by atoms with van der Waals surface area (Å²) in [6.45, 7) is 0. The highest BCUT2D eigenvalue weighted by Crippen LogP contribution is 2.33. The first-order chi connectivity index (χ1) is 6.91. The van der Waals surface area contributed by atoms with E-state index in [0.29, 0.717) is 5.75 Å². The molecule has 80 valence electrons. The Kier molecular flexibility index (Phi) is 3.60. The lowest BCUT2D eigenvalue weighted by atomic mass is 10.2. The Labute approximate surface area is 100.0 Å². The van der Waals surface area contributed by atoms with Crippen LogP contribution in [0, 0.1) is 11.3 Å². The van der Waals surface area contributed by atoms with Gasteiger partial charge in [-0.3, -0.25) is 0 Å². The number of methoxy groups -OCH3 is 1. The highest BCUT2D eigenvalue weighted by Gasteiger charge is 2.20. The van der Waals surface area contributed by atoms with Gasteiger partial charge in [-0.25, -0.2) is 8.42 Å². The lowest BCUT2D eigenvalue weighted by Crippen LogP contribution is -1.97. The van der Waals surface area contributed by atoms with E-state index in [0.717, 1.165) is 0 Å². The zero-order valence-corrected chi connectivity index (χ0v) is 10.6. The molecule has 0 saturated carbocycles. The zero-order chi connectivity index (χ0) is 11.6. The summed E-state index contributed by atoms with van der Waals surface area (Å²) >= 11 is 3.07. The normalized spacial score (nSPS) is 10.8. The van der Waals surface area contributed by atoms with Gasteiger partial charge in [0.05, 0.1) is 17.1 Å². The first-order valence-electron chi connectivity index (χ1n) is 3.63. The Morgan fingerprint density at radius 2 is 2.13 bits per heavy atom. The summed E-state index contributed by atoms with van der Waals surface area (Å²) in [5, 5.41) is 8.82. The van der Waals surface area contributed by atoms with Gasteiger partial charge in [-0.2, -0.15) is 5.26 Å². The van der Waals surface area contributed by atoms with E-state index in [4.69, 9.17) is 20.7 Å². The molecule has 15 heavy (non-hydrogen) atoms. The molecular formula is C8H5BrClNO3S. The number of halogens is 2. The minimum absolute atomic E-state index is 0.0654. The summed E-state index contributed by atoms with van der Waals surface area (Å²) < 4.78 is 27.4. The fraction of sp³-hybridized carbons (Fsp3) is 0.125. The molecule has 0 saturated heterocycles. The second-order valence-corrected chi connectivity index (χ2v) is 5.83. The molecule has 0 aliphatic carbocycles. The predicted molar refractivity (Wildman–Crippen MR) is 58.4 cm³/mol. The maximum absolute atomic E-state index is 11.1. The van der Waals surface area contributed by atoms with Crippen molar-refractivity contribution >= 4 is 35.7 Å². The van der Waals surface area contributed by atoms with Crippen LogP contribution in [0.15, 0.2) is 21.5 Å². The highest BCUT2D eigenvalue weighted by atomic mass is 79.9. The molecule has 0 amide bonds. The van der Waals surface area contributed by atoms with Gasteiger partial charge < -0.3 is 4.74 Å². The van der Waals surface area contributed by atoms with Crippen molar-refractivity contribution in [1.29, 1.82) is 5.26 Å². The molecule has 1 aromatic rings. The first kappa shape index (κ1) is 12.3. The maximum atomic E-state index is 11.1. The molecular weight excluding hydrogens is 306 g/mol. The van der Waals surface area contributed by atoms with Crippen molar-refractivity contribution in [3.63, 3.8) is 0 Å². The van der Waals surface area contributed by atoms with Gasteiger partial charge in [0.2, 0.25) is 0 Å². The van der Waals surface area contributed by atoms with Crippen LogP contribution >= 0.6 is 26.6 Å². The van der Waals surface area contributed by atoms with Gasteiger partial charge in [0, 0.05) is 10.7 Å². The molecule has 4 nitrogen and oxygen atoms in total. The molecule has 0 aliphatic heterocycles. The standard InChI is InChI=1S/C8H5BrClNO3S/c1-14-6-2-3-7(15(10,12)13)5(4-11)8(6)9/h2-3H,1H3. The average molecular weight is 311 g/mol. The monoisotopic (exact) mass is 309 g/mol. The molecule has 0 aromatic heterocycles. The molecule has 0 fully saturated rings. The quantitative estimate of drug-likeness (QED) is 0.786. The average Bonchev–Trinajstić information content (AvgIpc) is 2.15. The molecule has 0 atom stereocenters. The number of nitrogens with zero attached hydrogens (tertiary/aromatic N) is 1. The molecule has 7 heteroatoms. The molecule has 1 rings (SSSR count). The molecule has 0 spiro atoms. The summed E-state index contributed by atoms with van der Waals surface area (Å²) in [5.41, 5.74) is -0.0654. The third-order valence-electron chi connectivity index (χ3n) is 1.66. The van der Waals surface area contributed by atoms with Crippen molar-refractivity contribution < 1.29 is 13.2 Å². The lowest BCUT2D eigenvalue weighted by molar-refractivity contribution is 0.411. The van der Waals surface area contributed by atoms with Crippen molar-refractivity contribution in [3.8, 4) is 11.8 Å². The number of hydrogen-bond acceptors (Lipinski definition) is 4. The maximum Gasteiger partial charge on any atom is 0.262 e. The Morgan fingerprint density at radius 3 is 2.53 bits per heavy atom. The van der Waals surface area contributed by atoms with Crippen LogP contribution in [0.1, 0.15) is 5.56 Å². The highest BCUT2D eigenvalue weighted by molar-refractivity contribution is 9.10. The third-order valence-corrected chi connectivity index (χ3v) is 3.81. The largest absolute Gasteiger partial charge is 0.496 e. The van der Waals surface area contributed by atoms with E-state index < -0.39 is 9.05 Å². The van der Waals surface area contributed by atoms with Gasteiger partial charge in [0.1, 0.15) is 16.7 Å². The van der Waals surface area contributed by atoms with Crippen LogP contribution in [-0.4, -0.2) is 15.5 Å². The molecule has 1 aromatic carbocycles. The van der Waals surface area contributed by atoms with E-state index in [1.165, 1.54) is 19.2 Å². The molecule has 0 unspecified atom stereocenters. The van der Waals surface area contributed by atoms with Crippen LogP contribution in [0.3, 0.4) is 0 Å². The van der Waals surface area contributed by atoms with Crippen molar-refractivity contribution in [1.82, 2.24) is 0 Å². The van der Waals surface area contributed by atoms with E-state index in [1.807, 2.05) is 0 Å². The lowest BCUT2D eigenvalue weighted by Gasteiger charge is -2.06. The summed E-state index contributed by atoms with van der Waals surface area (Å²) in [5.74, 6) is 0.371. The summed E-state index contributed by atoms with van der Waals surface area (Å²) in [6.07, 6.45) is 0. The van der Waals surface area contributed by atoms with E-state index in [1.54, 1.807) is 6.07 Å². The molecule has 0 N–H and O–H groups in total. The zero-order valence-electron chi connectivity index (χ0n) is 7.49. The molecule has 0 heterocycles. The van der Waals surface area contributed by atoms with Gasteiger partial charge in [-0.1, -0.05) is 0 Å². The van der Waals surface area contributed by atoms with Crippen LogP contribution in [0.2, 0.25) is 0 Å². The van der Waals surface area contributed by atoms with Crippen molar-refractivity contribution in [3.05, 3.63) is 22.2 Å². The number of hydrogen-bond donors (Lipinski definition) is 0. The second kappa shape index (κ2) is 4.39. The van der Waals surface area contributed by atoms with Gasteiger partial charge in [-0.15, -0.1) is 0 Å². The van der Waals surface area contributed by atoms with E-state index in [2.05, 4.69) is 15.9 Å². The van der Waals surface area contributed by atoms with Gasteiger partial charge in [0.15, 0.2) is 0 Å². The van der Waals surface area contributed by atoms with Crippen LogP contribution in [0.4, 0.5) is 0 Å². The fourth-order valence-corrected chi connectivity index (χ4v) is 2.74. The first-order valence-corrected chi connectivity index (χ1v) is 6.73. The predicted octanol–water partition coefficient (Wildman–Crippen LogP) is 2.26. The van der Waals surface area contributed by atoms with Gasteiger partial charge >= 0.3 is 0 Å². The Morgan fingerprint density at radius 1 is 1.53 bits per heavy atom. The van der Waals surface area contributed by atoms with E-state index >= 15 is 0 Å². The van der Waals surface area contributed by atoms with Crippen molar-refractivity contribution in [2.24, 2.45) is 0 Å². The summed E-state index contributed by atoms with van der Waals surface area (Å²) in [4.78, 5) is -0.237. The topological polar surface area (TPSA) is 67.2 Å². The van der Waals surface area contributed by atoms with Crippen LogP contribution in [0.25, 0.3) is 0 Å². The summed E-state index contributed by atoms with van der Waals surface area (Å²) in [7, 11) is 2.65. The molecule has 0 aliphatic rings. The third kappa shape index (κ3) is 2.43. The Bertz CT molecular complexity index is 536. The minimum Gasteiger partial charge on any atom is -0.496 e.